The van der Waals surface area contributed by atoms with Crippen LogP contribution in [0.15, 0.2) is 54.7 Å². The van der Waals surface area contributed by atoms with Gasteiger partial charge in [-0.1, -0.05) is 23.7 Å². The number of amides is 1. The van der Waals surface area contributed by atoms with E-state index in [1.807, 2.05) is 0 Å². The Hall–Kier alpha value is -3.39. The maximum atomic E-state index is 14.7. The number of anilines is 1. The topological polar surface area (TPSA) is 68.3 Å². The molecule has 3 aromatic rings. The van der Waals surface area contributed by atoms with Crippen LogP contribution in [0.2, 0.25) is 5.02 Å². The standard InChI is InChI=1S/C26H22ClF3N2O3/c1-26(29,30)21-11-15(2-7-22(21)27)10-18(33)12-17-5-6-19(13-23(17)28)35-20-8-9-31-24(14-20)32-25(34)16-3-4-16/h2,5-9,11,13-14,16H,3-4,10,12H2,1H3,(H,31,32,34). The quantitative estimate of drug-likeness (QED) is 0.363. The van der Waals surface area contributed by atoms with Gasteiger partial charge >= 0.3 is 0 Å². The van der Waals surface area contributed by atoms with Crippen molar-refractivity contribution in [3.63, 3.8) is 0 Å². The van der Waals surface area contributed by atoms with Crippen LogP contribution in [-0.2, 0) is 28.4 Å². The molecule has 1 N–H and O–H groups in total. The fraction of sp³-hybridized carbons (Fsp3) is 0.269. The summed E-state index contributed by atoms with van der Waals surface area (Å²) in [6, 6.07) is 11.2. The van der Waals surface area contributed by atoms with Crippen LogP contribution in [-0.4, -0.2) is 16.7 Å². The first kappa shape index (κ1) is 24.7. The normalized spacial score (nSPS) is 13.4. The van der Waals surface area contributed by atoms with E-state index in [0.717, 1.165) is 25.8 Å². The molecular weight excluding hydrogens is 481 g/mol. The van der Waals surface area contributed by atoms with Crippen molar-refractivity contribution in [2.75, 3.05) is 5.32 Å². The molecule has 0 spiro atoms. The number of hydrogen-bond acceptors (Lipinski definition) is 4. The van der Waals surface area contributed by atoms with Crippen LogP contribution in [0.25, 0.3) is 0 Å². The molecule has 1 amide bonds. The zero-order valence-corrected chi connectivity index (χ0v) is 19.5. The highest BCUT2D eigenvalue weighted by Crippen LogP contribution is 2.34. The van der Waals surface area contributed by atoms with Crippen molar-refractivity contribution in [3.8, 4) is 11.5 Å². The molecule has 9 heteroatoms. The Bertz CT molecular complexity index is 1270. The molecule has 0 aliphatic heterocycles. The number of hydrogen-bond donors (Lipinski definition) is 1. The number of nitrogens with zero attached hydrogens (tertiary/aromatic N) is 1. The molecular formula is C26H22ClF3N2O3. The number of rotatable bonds is 9. The predicted octanol–water partition coefficient (Wildman–Crippen LogP) is 6.48. The van der Waals surface area contributed by atoms with E-state index in [-0.39, 0.29) is 52.3 Å². The molecule has 5 nitrogen and oxygen atoms in total. The van der Waals surface area contributed by atoms with E-state index in [1.54, 1.807) is 6.07 Å². The molecule has 0 saturated heterocycles. The minimum Gasteiger partial charge on any atom is -0.457 e. The SMILES string of the molecule is CC(F)(F)c1cc(CC(=O)Cc2ccc(Oc3ccnc(NC(=O)C4CC4)c3)cc2F)ccc1Cl. The number of Topliss-reactive ketones (excluding diaryl/α,β-unsaturated/α-hetero) is 1. The number of benzene rings is 2. The minimum atomic E-state index is -3.14. The third-order valence-corrected chi connectivity index (χ3v) is 5.81. The van der Waals surface area contributed by atoms with Gasteiger partial charge in [0.15, 0.2) is 0 Å². The lowest BCUT2D eigenvalue weighted by atomic mass is 9.99. The molecule has 2 aromatic carbocycles. The zero-order chi connectivity index (χ0) is 25.2. The van der Waals surface area contributed by atoms with Crippen molar-refractivity contribution >= 4 is 29.1 Å². The number of ether oxygens (including phenoxy) is 1. The van der Waals surface area contributed by atoms with E-state index in [9.17, 15) is 22.8 Å². The Morgan fingerprint density at radius 3 is 2.51 bits per heavy atom. The van der Waals surface area contributed by atoms with E-state index in [2.05, 4.69) is 10.3 Å². The lowest BCUT2D eigenvalue weighted by molar-refractivity contribution is -0.118. The van der Waals surface area contributed by atoms with Crippen LogP contribution in [0.3, 0.4) is 0 Å². The molecule has 0 atom stereocenters. The van der Waals surface area contributed by atoms with Crippen molar-refractivity contribution in [1.82, 2.24) is 4.98 Å². The first-order chi connectivity index (χ1) is 16.6. The molecule has 35 heavy (non-hydrogen) atoms. The molecule has 1 aromatic heterocycles. The van der Waals surface area contributed by atoms with Crippen molar-refractivity contribution in [2.45, 2.75) is 38.5 Å². The van der Waals surface area contributed by atoms with Gasteiger partial charge in [0.05, 0.1) is 0 Å². The molecule has 4 rings (SSSR count). The van der Waals surface area contributed by atoms with Gasteiger partial charge in [-0.3, -0.25) is 9.59 Å². The number of carbonyl (C=O) groups is 2. The van der Waals surface area contributed by atoms with Crippen molar-refractivity contribution in [3.05, 3.63) is 82.3 Å². The van der Waals surface area contributed by atoms with Crippen LogP contribution in [0, 0.1) is 11.7 Å². The van der Waals surface area contributed by atoms with Crippen molar-refractivity contribution < 1.29 is 27.5 Å². The van der Waals surface area contributed by atoms with E-state index < -0.39 is 11.7 Å². The summed E-state index contributed by atoms with van der Waals surface area (Å²) in [7, 11) is 0. The van der Waals surface area contributed by atoms with Crippen LogP contribution in [0.1, 0.15) is 36.5 Å². The highest BCUT2D eigenvalue weighted by molar-refractivity contribution is 6.31. The fourth-order valence-electron chi connectivity index (χ4n) is 3.51. The van der Waals surface area contributed by atoms with E-state index in [0.29, 0.717) is 17.1 Å². The average molecular weight is 503 g/mol. The number of aromatic nitrogens is 1. The zero-order valence-electron chi connectivity index (χ0n) is 18.8. The Kier molecular flexibility index (Phi) is 7.12. The molecule has 1 aliphatic rings. The summed E-state index contributed by atoms with van der Waals surface area (Å²) in [6.45, 7) is 0.732. The largest absolute Gasteiger partial charge is 0.457 e. The van der Waals surface area contributed by atoms with Crippen LogP contribution < -0.4 is 10.1 Å². The highest BCUT2D eigenvalue weighted by Gasteiger charge is 2.30. The van der Waals surface area contributed by atoms with Crippen molar-refractivity contribution in [1.29, 1.82) is 0 Å². The fourth-order valence-corrected chi connectivity index (χ4v) is 3.79. The smallest absolute Gasteiger partial charge is 0.271 e. The number of alkyl halides is 2. The first-order valence-corrected chi connectivity index (χ1v) is 11.4. The monoisotopic (exact) mass is 502 g/mol. The summed E-state index contributed by atoms with van der Waals surface area (Å²) < 4.78 is 47.7. The van der Waals surface area contributed by atoms with Gasteiger partial charge in [0, 0.05) is 54.6 Å². The number of ketones is 1. The second-order valence-corrected chi connectivity index (χ2v) is 9.00. The van der Waals surface area contributed by atoms with Gasteiger partial charge in [0.2, 0.25) is 5.91 Å². The molecule has 1 fully saturated rings. The third kappa shape index (κ3) is 6.60. The first-order valence-electron chi connectivity index (χ1n) is 11.0. The summed E-state index contributed by atoms with van der Waals surface area (Å²) in [5.74, 6) is -3.27. The highest BCUT2D eigenvalue weighted by atomic mass is 35.5. The predicted molar refractivity (Wildman–Crippen MR) is 125 cm³/mol. The van der Waals surface area contributed by atoms with E-state index in [4.69, 9.17) is 16.3 Å². The van der Waals surface area contributed by atoms with Gasteiger partial charge in [-0.05, 0) is 48.2 Å². The van der Waals surface area contributed by atoms with E-state index in [1.165, 1.54) is 42.6 Å². The summed E-state index contributed by atoms with van der Waals surface area (Å²) in [6.07, 6.45) is 2.86. The average Bonchev–Trinajstić information content (AvgIpc) is 3.62. The van der Waals surface area contributed by atoms with Crippen LogP contribution in [0.5, 0.6) is 11.5 Å². The second kappa shape index (κ2) is 10.1. The van der Waals surface area contributed by atoms with Gasteiger partial charge in [-0.2, -0.15) is 0 Å². The maximum absolute atomic E-state index is 14.7. The van der Waals surface area contributed by atoms with Crippen LogP contribution >= 0.6 is 11.6 Å². The van der Waals surface area contributed by atoms with Gasteiger partial charge in [-0.25, -0.2) is 18.2 Å². The number of pyridine rings is 1. The Morgan fingerprint density at radius 2 is 1.83 bits per heavy atom. The molecule has 0 unspecified atom stereocenters. The summed E-state index contributed by atoms with van der Waals surface area (Å²) in [5.41, 5.74) is 0.173. The number of halogens is 4. The Labute approximate surface area is 205 Å². The molecule has 1 aliphatic carbocycles. The molecule has 182 valence electrons. The maximum Gasteiger partial charge on any atom is 0.271 e. The number of nitrogens with one attached hydrogen (secondary N) is 1. The van der Waals surface area contributed by atoms with E-state index >= 15 is 0 Å². The van der Waals surface area contributed by atoms with Crippen LogP contribution in [0.4, 0.5) is 19.0 Å². The number of carbonyl (C=O) groups excluding carboxylic acids is 2. The minimum absolute atomic E-state index is 0.0278. The van der Waals surface area contributed by atoms with Crippen molar-refractivity contribution in [2.24, 2.45) is 5.92 Å². The molecule has 0 bridgehead atoms. The summed E-state index contributed by atoms with van der Waals surface area (Å²) in [4.78, 5) is 28.5. The molecule has 0 radical (unpaired) electrons. The summed E-state index contributed by atoms with van der Waals surface area (Å²) >= 11 is 5.84. The van der Waals surface area contributed by atoms with Gasteiger partial charge in [-0.15, -0.1) is 0 Å². The van der Waals surface area contributed by atoms with Gasteiger partial charge < -0.3 is 10.1 Å². The molecule has 1 saturated carbocycles. The lowest BCUT2D eigenvalue weighted by Crippen LogP contribution is -2.14. The second-order valence-electron chi connectivity index (χ2n) is 8.59. The van der Waals surface area contributed by atoms with Gasteiger partial charge in [0.25, 0.3) is 5.92 Å². The Morgan fingerprint density at radius 1 is 1.09 bits per heavy atom. The molecule has 1 heterocycles. The summed E-state index contributed by atoms with van der Waals surface area (Å²) in [5, 5.41) is 2.63. The lowest BCUT2D eigenvalue weighted by Gasteiger charge is -2.14. The third-order valence-electron chi connectivity index (χ3n) is 5.48. The van der Waals surface area contributed by atoms with Gasteiger partial charge in [0.1, 0.15) is 28.9 Å². The Balaban J connectivity index is 1.39.